The van der Waals surface area contributed by atoms with Crippen LogP contribution in [0.3, 0.4) is 0 Å². The molecular formula is C19H16Cl2N2O4. The lowest BCUT2D eigenvalue weighted by Crippen LogP contribution is -2.41. The first-order chi connectivity index (χ1) is 12.9. The Labute approximate surface area is 164 Å². The summed E-state index contributed by atoms with van der Waals surface area (Å²) in [7, 11) is 0. The third-order valence-electron chi connectivity index (χ3n) is 4.08. The summed E-state index contributed by atoms with van der Waals surface area (Å²) >= 11 is 12.2. The Morgan fingerprint density at radius 1 is 1.04 bits per heavy atom. The Morgan fingerprint density at radius 2 is 1.78 bits per heavy atom. The van der Waals surface area contributed by atoms with Gasteiger partial charge in [0.15, 0.2) is 0 Å². The number of hydrogen-bond donors (Lipinski definition) is 0. The van der Waals surface area contributed by atoms with Crippen molar-refractivity contribution >= 4 is 40.1 Å². The molecule has 8 heteroatoms. The van der Waals surface area contributed by atoms with E-state index in [4.69, 9.17) is 27.9 Å². The number of esters is 1. The van der Waals surface area contributed by atoms with E-state index in [1.54, 1.807) is 49.4 Å². The maximum atomic E-state index is 13.0. The zero-order valence-electron chi connectivity index (χ0n) is 14.4. The van der Waals surface area contributed by atoms with Gasteiger partial charge in [0, 0.05) is 0 Å². The van der Waals surface area contributed by atoms with E-state index in [1.807, 2.05) is 0 Å². The second-order valence-electron chi connectivity index (χ2n) is 5.80. The Morgan fingerprint density at radius 3 is 2.52 bits per heavy atom. The lowest BCUT2D eigenvalue weighted by atomic mass is 10.2. The van der Waals surface area contributed by atoms with E-state index in [2.05, 4.69) is 0 Å². The van der Waals surface area contributed by atoms with Crippen molar-refractivity contribution in [1.29, 1.82) is 0 Å². The zero-order valence-corrected chi connectivity index (χ0v) is 16.0. The highest BCUT2D eigenvalue weighted by Crippen LogP contribution is 2.25. The lowest BCUT2D eigenvalue weighted by molar-refractivity contribution is -0.143. The molecule has 0 aliphatic carbocycles. The Balaban J connectivity index is 2.21. The first kappa shape index (κ1) is 19.2. The predicted octanol–water partition coefficient (Wildman–Crippen LogP) is 3.08. The van der Waals surface area contributed by atoms with Crippen LogP contribution in [-0.4, -0.2) is 21.7 Å². The minimum absolute atomic E-state index is 0.0648. The molecule has 1 heterocycles. The van der Waals surface area contributed by atoms with Gasteiger partial charge >= 0.3 is 11.7 Å². The van der Waals surface area contributed by atoms with E-state index >= 15 is 0 Å². The van der Waals surface area contributed by atoms with Gasteiger partial charge in [0.1, 0.15) is 6.54 Å². The fraction of sp³-hybridized carbons (Fsp3) is 0.211. The number of halogens is 2. The van der Waals surface area contributed by atoms with Gasteiger partial charge < -0.3 is 4.74 Å². The monoisotopic (exact) mass is 406 g/mol. The number of fused-ring (bicyclic) bond motifs is 1. The molecule has 0 atom stereocenters. The molecule has 0 aliphatic rings. The smallest absolute Gasteiger partial charge is 0.332 e. The minimum atomic E-state index is -0.622. The molecule has 0 saturated heterocycles. The number of carbonyl (C=O) groups excluding carboxylic acids is 1. The van der Waals surface area contributed by atoms with Crippen LogP contribution in [0.4, 0.5) is 0 Å². The summed E-state index contributed by atoms with van der Waals surface area (Å²) in [6, 6.07) is 11.6. The zero-order chi connectivity index (χ0) is 19.6. The number of aromatic nitrogens is 2. The molecule has 0 aliphatic heterocycles. The van der Waals surface area contributed by atoms with Gasteiger partial charge in [-0.3, -0.25) is 18.7 Å². The SMILES string of the molecule is CCOC(=O)Cn1c(=O)n(Cc2cccc(Cl)c2Cl)c(=O)c2ccccc21. The van der Waals surface area contributed by atoms with Crippen LogP contribution in [0, 0.1) is 0 Å². The molecular weight excluding hydrogens is 391 g/mol. The van der Waals surface area contributed by atoms with Gasteiger partial charge in [-0.05, 0) is 30.7 Å². The van der Waals surface area contributed by atoms with Crippen molar-refractivity contribution in [3.63, 3.8) is 0 Å². The number of carbonyl (C=O) groups is 1. The highest BCUT2D eigenvalue weighted by Gasteiger charge is 2.17. The van der Waals surface area contributed by atoms with E-state index in [0.29, 0.717) is 21.5 Å². The average Bonchev–Trinajstić information content (AvgIpc) is 2.66. The predicted molar refractivity (Wildman–Crippen MR) is 105 cm³/mol. The second kappa shape index (κ2) is 7.98. The van der Waals surface area contributed by atoms with Crippen LogP contribution in [0.25, 0.3) is 10.9 Å². The van der Waals surface area contributed by atoms with Crippen molar-refractivity contribution in [2.75, 3.05) is 6.61 Å². The molecule has 0 saturated carbocycles. The highest BCUT2D eigenvalue weighted by atomic mass is 35.5. The second-order valence-corrected chi connectivity index (χ2v) is 6.58. The van der Waals surface area contributed by atoms with Gasteiger partial charge in [0.2, 0.25) is 0 Å². The van der Waals surface area contributed by atoms with Crippen molar-refractivity contribution in [3.05, 3.63) is 78.9 Å². The van der Waals surface area contributed by atoms with Crippen molar-refractivity contribution < 1.29 is 9.53 Å². The Hall–Kier alpha value is -2.57. The van der Waals surface area contributed by atoms with Crippen LogP contribution in [0.15, 0.2) is 52.1 Å². The van der Waals surface area contributed by atoms with Gasteiger partial charge in [-0.15, -0.1) is 0 Å². The summed E-state index contributed by atoms with van der Waals surface area (Å²) in [5.74, 6) is -0.559. The molecule has 0 N–H and O–H groups in total. The summed E-state index contributed by atoms with van der Waals surface area (Å²) in [4.78, 5) is 37.8. The number of ether oxygens (including phenoxy) is 1. The fourth-order valence-corrected chi connectivity index (χ4v) is 3.22. The first-order valence-corrected chi connectivity index (χ1v) is 9.00. The van der Waals surface area contributed by atoms with E-state index in [9.17, 15) is 14.4 Å². The summed E-state index contributed by atoms with van der Waals surface area (Å²) < 4.78 is 7.22. The lowest BCUT2D eigenvalue weighted by Gasteiger charge is -2.14. The summed E-state index contributed by atoms with van der Waals surface area (Å²) in [6.45, 7) is 1.52. The minimum Gasteiger partial charge on any atom is -0.465 e. The molecule has 3 rings (SSSR count). The number of nitrogens with zero attached hydrogens (tertiary/aromatic N) is 2. The molecule has 3 aromatic rings. The third kappa shape index (κ3) is 3.77. The fourth-order valence-electron chi connectivity index (χ4n) is 2.84. The van der Waals surface area contributed by atoms with Crippen molar-refractivity contribution in [2.24, 2.45) is 0 Å². The molecule has 1 aromatic heterocycles. The number of para-hydroxylation sites is 1. The van der Waals surface area contributed by atoms with Crippen LogP contribution >= 0.6 is 23.2 Å². The third-order valence-corrected chi connectivity index (χ3v) is 4.94. The standard InChI is InChI=1S/C19H16Cl2N2O4/c1-2-27-16(24)11-22-15-9-4-3-7-13(15)18(25)23(19(22)26)10-12-6-5-8-14(20)17(12)21/h3-9H,2,10-11H2,1H3. The normalized spacial score (nSPS) is 10.9. The van der Waals surface area contributed by atoms with Crippen LogP contribution in [0.2, 0.25) is 10.0 Å². The maximum Gasteiger partial charge on any atom is 0.332 e. The van der Waals surface area contributed by atoms with E-state index in [0.717, 1.165) is 4.57 Å². The number of benzene rings is 2. The molecule has 0 bridgehead atoms. The molecule has 2 aromatic carbocycles. The molecule has 0 amide bonds. The first-order valence-electron chi connectivity index (χ1n) is 8.25. The molecule has 0 fully saturated rings. The average molecular weight is 407 g/mol. The number of rotatable bonds is 5. The van der Waals surface area contributed by atoms with Crippen LogP contribution in [0.1, 0.15) is 12.5 Å². The maximum absolute atomic E-state index is 13.0. The Bertz CT molecular complexity index is 1130. The van der Waals surface area contributed by atoms with E-state index in [-0.39, 0.29) is 24.7 Å². The number of hydrogen-bond acceptors (Lipinski definition) is 4. The topological polar surface area (TPSA) is 70.3 Å². The van der Waals surface area contributed by atoms with E-state index < -0.39 is 17.2 Å². The van der Waals surface area contributed by atoms with Crippen LogP contribution < -0.4 is 11.2 Å². The van der Waals surface area contributed by atoms with Gasteiger partial charge in [-0.25, -0.2) is 4.79 Å². The van der Waals surface area contributed by atoms with Gasteiger partial charge in [0.25, 0.3) is 5.56 Å². The van der Waals surface area contributed by atoms with Crippen molar-refractivity contribution in [2.45, 2.75) is 20.0 Å². The summed E-state index contributed by atoms with van der Waals surface area (Å²) in [5.41, 5.74) is -0.190. The summed E-state index contributed by atoms with van der Waals surface area (Å²) in [6.07, 6.45) is 0. The molecule has 27 heavy (non-hydrogen) atoms. The van der Waals surface area contributed by atoms with E-state index in [1.165, 1.54) is 4.57 Å². The summed E-state index contributed by atoms with van der Waals surface area (Å²) in [5, 5.41) is 0.921. The molecule has 0 unspecified atom stereocenters. The van der Waals surface area contributed by atoms with Crippen LogP contribution in [0.5, 0.6) is 0 Å². The van der Waals surface area contributed by atoms with Gasteiger partial charge in [-0.1, -0.05) is 47.5 Å². The van der Waals surface area contributed by atoms with Crippen molar-refractivity contribution in [1.82, 2.24) is 9.13 Å². The largest absolute Gasteiger partial charge is 0.465 e. The highest BCUT2D eigenvalue weighted by molar-refractivity contribution is 6.42. The molecule has 0 radical (unpaired) electrons. The molecule has 6 nitrogen and oxygen atoms in total. The van der Waals surface area contributed by atoms with Gasteiger partial charge in [-0.2, -0.15) is 0 Å². The van der Waals surface area contributed by atoms with Crippen LogP contribution in [-0.2, 0) is 22.6 Å². The van der Waals surface area contributed by atoms with Crippen molar-refractivity contribution in [3.8, 4) is 0 Å². The van der Waals surface area contributed by atoms with Gasteiger partial charge in [0.05, 0.1) is 34.1 Å². The molecule has 0 spiro atoms. The molecule has 140 valence electrons. The quantitative estimate of drug-likeness (QED) is 0.610. The Kier molecular flexibility index (Phi) is 5.68.